The topological polar surface area (TPSA) is 86.8 Å². The molecule has 96 valence electrons. The first kappa shape index (κ1) is 13.7. The summed E-state index contributed by atoms with van der Waals surface area (Å²) >= 11 is 0. The minimum atomic E-state index is -0.871. The third-order valence-electron chi connectivity index (χ3n) is 2.82. The Morgan fingerprint density at radius 2 is 2.24 bits per heavy atom. The van der Waals surface area contributed by atoms with Crippen LogP contribution in [0.5, 0.6) is 0 Å². The van der Waals surface area contributed by atoms with E-state index in [1.807, 2.05) is 24.4 Å². The van der Waals surface area contributed by atoms with Crippen LogP contribution in [-0.2, 0) is 4.79 Å². The molecule has 1 heterocycles. The number of amides is 1. The zero-order valence-corrected chi connectivity index (χ0v) is 9.83. The summed E-state index contributed by atoms with van der Waals surface area (Å²) in [5, 5.41) is 18.1. The lowest BCUT2D eigenvalue weighted by molar-refractivity contribution is -0.123. The molecule has 0 bridgehead atoms. The van der Waals surface area contributed by atoms with Gasteiger partial charge in [-0.1, -0.05) is 12.2 Å². The molecule has 0 fully saturated rings. The zero-order valence-electron chi connectivity index (χ0n) is 9.83. The number of hydrogen-bond donors (Lipinski definition) is 3. The lowest BCUT2D eigenvalue weighted by Crippen LogP contribution is -2.32. The smallest absolute Gasteiger partial charge is 0.220 e. The molecule has 1 aliphatic rings. The standard InChI is InChI=1S/C12H20N2O3/c13-12(17)10(8-11(16)9-15)4-7-14-5-2-1-3-6-14/h1-3,5,10-11,15-16H,4,6-9H2,(H2,13,17)/t10?,11-/m0/s1. The molecule has 4 N–H and O–H groups in total. The first-order valence-electron chi connectivity index (χ1n) is 5.79. The van der Waals surface area contributed by atoms with Crippen molar-refractivity contribution in [1.82, 2.24) is 4.90 Å². The average molecular weight is 240 g/mol. The Morgan fingerprint density at radius 1 is 1.47 bits per heavy atom. The Hall–Kier alpha value is -1.33. The molecule has 0 aromatic carbocycles. The van der Waals surface area contributed by atoms with Crippen LogP contribution in [0, 0.1) is 5.92 Å². The summed E-state index contributed by atoms with van der Waals surface area (Å²) < 4.78 is 0. The van der Waals surface area contributed by atoms with Crippen molar-refractivity contribution in [3.63, 3.8) is 0 Å². The predicted molar refractivity (Wildman–Crippen MR) is 64.9 cm³/mol. The summed E-state index contributed by atoms with van der Waals surface area (Å²) in [4.78, 5) is 13.3. The zero-order chi connectivity index (χ0) is 12.7. The molecule has 0 saturated heterocycles. The first-order valence-corrected chi connectivity index (χ1v) is 5.79. The molecular formula is C12H20N2O3. The maximum Gasteiger partial charge on any atom is 0.220 e. The van der Waals surface area contributed by atoms with Crippen LogP contribution in [0.2, 0.25) is 0 Å². The molecule has 0 radical (unpaired) electrons. The van der Waals surface area contributed by atoms with Gasteiger partial charge in [-0.3, -0.25) is 4.79 Å². The fourth-order valence-corrected chi connectivity index (χ4v) is 1.77. The van der Waals surface area contributed by atoms with Gasteiger partial charge in [0.2, 0.25) is 5.91 Å². The second kappa shape index (κ2) is 7.09. The van der Waals surface area contributed by atoms with Gasteiger partial charge in [0.15, 0.2) is 0 Å². The maximum atomic E-state index is 11.2. The van der Waals surface area contributed by atoms with Crippen molar-refractivity contribution < 1.29 is 15.0 Å². The van der Waals surface area contributed by atoms with Gasteiger partial charge in [-0.15, -0.1) is 0 Å². The van der Waals surface area contributed by atoms with Gasteiger partial charge in [-0.2, -0.15) is 0 Å². The highest BCUT2D eigenvalue weighted by atomic mass is 16.3. The van der Waals surface area contributed by atoms with Crippen molar-refractivity contribution in [2.45, 2.75) is 18.9 Å². The van der Waals surface area contributed by atoms with Crippen LogP contribution < -0.4 is 5.73 Å². The fraction of sp³-hybridized carbons (Fsp3) is 0.583. The molecule has 0 aromatic rings. The Kier molecular flexibility index (Phi) is 5.72. The van der Waals surface area contributed by atoms with E-state index in [-0.39, 0.29) is 13.0 Å². The highest BCUT2D eigenvalue weighted by molar-refractivity contribution is 5.76. The van der Waals surface area contributed by atoms with Crippen molar-refractivity contribution >= 4 is 5.91 Å². The number of hydrogen-bond acceptors (Lipinski definition) is 4. The second-order valence-electron chi connectivity index (χ2n) is 4.22. The van der Waals surface area contributed by atoms with Crippen LogP contribution in [0.15, 0.2) is 24.4 Å². The van der Waals surface area contributed by atoms with Crippen LogP contribution >= 0.6 is 0 Å². The van der Waals surface area contributed by atoms with Gasteiger partial charge in [-0.25, -0.2) is 0 Å². The van der Waals surface area contributed by atoms with E-state index in [1.165, 1.54) is 0 Å². The number of aliphatic hydroxyl groups is 2. The maximum absolute atomic E-state index is 11.2. The number of rotatable bonds is 7. The molecule has 17 heavy (non-hydrogen) atoms. The van der Waals surface area contributed by atoms with E-state index in [2.05, 4.69) is 4.90 Å². The molecule has 0 spiro atoms. The molecular weight excluding hydrogens is 220 g/mol. The predicted octanol–water partition coefficient (Wildman–Crippen LogP) is -0.393. The first-order chi connectivity index (χ1) is 8.13. The molecule has 1 unspecified atom stereocenters. The van der Waals surface area contributed by atoms with Crippen LogP contribution in [0.25, 0.3) is 0 Å². The number of carbonyl (C=O) groups is 1. The summed E-state index contributed by atoms with van der Waals surface area (Å²) in [7, 11) is 0. The number of nitrogens with zero attached hydrogens (tertiary/aromatic N) is 1. The van der Waals surface area contributed by atoms with Crippen molar-refractivity contribution in [3.05, 3.63) is 24.4 Å². The Bertz CT molecular complexity index is 302. The van der Waals surface area contributed by atoms with Crippen LogP contribution in [0.4, 0.5) is 0 Å². The van der Waals surface area contributed by atoms with Crippen LogP contribution in [0.1, 0.15) is 12.8 Å². The third kappa shape index (κ3) is 5.01. The number of aliphatic hydroxyl groups excluding tert-OH is 2. The van der Waals surface area contributed by atoms with Gasteiger partial charge >= 0.3 is 0 Å². The van der Waals surface area contributed by atoms with Crippen molar-refractivity contribution in [2.75, 3.05) is 19.7 Å². The molecule has 0 saturated carbocycles. The minimum absolute atomic E-state index is 0.221. The molecule has 0 aliphatic carbocycles. The quantitative estimate of drug-likeness (QED) is 0.565. The van der Waals surface area contributed by atoms with Gasteiger partial charge in [0.05, 0.1) is 12.7 Å². The highest BCUT2D eigenvalue weighted by Crippen LogP contribution is 2.13. The lowest BCUT2D eigenvalue weighted by Gasteiger charge is -2.23. The van der Waals surface area contributed by atoms with E-state index in [4.69, 9.17) is 10.8 Å². The average Bonchev–Trinajstić information content (AvgIpc) is 2.35. The molecule has 5 nitrogen and oxygen atoms in total. The van der Waals surface area contributed by atoms with Crippen molar-refractivity contribution in [2.24, 2.45) is 11.7 Å². The number of nitrogens with two attached hydrogens (primary N) is 1. The van der Waals surface area contributed by atoms with Gasteiger partial charge in [0, 0.05) is 19.0 Å². The van der Waals surface area contributed by atoms with E-state index in [9.17, 15) is 9.90 Å². The van der Waals surface area contributed by atoms with E-state index in [0.29, 0.717) is 13.0 Å². The van der Waals surface area contributed by atoms with Crippen LogP contribution in [0.3, 0.4) is 0 Å². The summed E-state index contributed by atoms with van der Waals surface area (Å²) in [6.07, 6.45) is 7.83. The second-order valence-corrected chi connectivity index (χ2v) is 4.22. The largest absolute Gasteiger partial charge is 0.394 e. The molecule has 1 amide bonds. The molecule has 2 atom stereocenters. The number of primary amides is 1. The summed E-state index contributed by atoms with van der Waals surface area (Å²) in [5.74, 6) is -0.814. The van der Waals surface area contributed by atoms with Crippen molar-refractivity contribution in [3.8, 4) is 0 Å². The fourth-order valence-electron chi connectivity index (χ4n) is 1.77. The van der Waals surface area contributed by atoms with E-state index < -0.39 is 17.9 Å². The van der Waals surface area contributed by atoms with E-state index in [1.54, 1.807) is 0 Å². The Morgan fingerprint density at radius 3 is 2.76 bits per heavy atom. The number of allylic oxidation sites excluding steroid dienone is 2. The molecule has 1 aliphatic heterocycles. The normalized spacial score (nSPS) is 18.1. The van der Waals surface area contributed by atoms with Gasteiger partial charge < -0.3 is 20.8 Å². The molecule has 1 rings (SSSR count). The summed E-state index contributed by atoms with van der Waals surface area (Å²) in [6, 6.07) is 0. The third-order valence-corrected chi connectivity index (χ3v) is 2.82. The molecule has 0 aromatic heterocycles. The Balaban J connectivity index is 2.36. The summed E-state index contributed by atoms with van der Waals surface area (Å²) in [5.41, 5.74) is 5.27. The minimum Gasteiger partial charge on any atom is -0.394 e. The van der Waals surface area contributed by atoms with E-state index in [0.717, 1.165) is 6.54 Å². The van der Waals surface area contributed by atoms with Crippen molar-refractivity contribution in [1.29, 1.82) is 0 Å². The Labute approximate surface area is 101 Å². The summed E-state index contributed by atoms with van der Waals surface area (Å²) in [6.45, 7) is 1.20. The lowest BCUT2D eigenvalue weighted by atomic mass is 9.97. The van der Waals surface area contributed by atoms with Gasteiger partial charge in [-0.05, 0) is 25.1 Å². The van der Waals surface area contributed by atoms with Gasteiger partial charge in [0.1, 0.15) is 0 Å². The van der Waals surface area contributed by atoms with Gasteiger partial charge in [0.25, 0.3) is 0 Å². The molecule has 5 heteroatoms. The van der Waals surface area contributed by atoms with Crippen LogP contribution in [-0.4, -0.2) is 46.8 Å². The number of carbonyl (C=O) groups excluding carboxylic acids is 1. The highest BCUT2D eigenvalue weighted by Gasteiger charge is 2.19. The SMILES string of the molecule is NC(=O)C(CCN1C=CC=CC1)C[C@H](O)CO. The van der Waals surface area contributed by atoms with E-state index >= 15 is 0 Å². The monoisotopic (exact) mass is 240 g/mol.